The van der Waals surface area contributed by atoms with Crippen LogP contribution < -0.4 is 11.1 Å². The Hall–Kier alpha value is -2.72. The monoisotopic (exact) mass is 276 g/mol. The van der Waals surface area contributed by atoms with Crippen LogP contribution >= 0.6 is 0 Å². The van der Waals surface area contributed by atoms with E-state index in [1.165, 1.54) is 0 Å². The number of rotatable bonds is 4. The van der Waals surface area contributed by atoms with E-state index in [9.17, 15) is 0 Å². The molecular weight excluding hydrogens is 260 g/mol. The quantitative estimate of drug-likeness (QED) is 0.767. The van der Waals surface area contributed by atoms with Crippen LogP contribution in [-0.2, 0) is 6.54 Å². The van der Waals surface area contributed by atoms with Crippen LogP contribution in [0.25, 0.3) is 11.1 Å². The molecule has 0 bridgehead atoms. The van der Waals surface area contributed by atoms with Gasteiger partial charge >= 0.3 is 0 Å². The Morgan fingerprint density at radius 2 is 1.71 bits per heavy atom. The summed E-state index contributed by atoms with van der Waals surface area (Å²) >= 11 is 0. The molecule has 0 aliphatic carbocycles. The number of benzene rings is 2. The normalized spacial score (nSPS) is 10.3. The van der Waals surface area contributed by atoms with E-state index in [1.54, 1.807) is 18.5 Å². The van der Waals surface area contributed by atoms with Crippen molar-refractivity contribution >= 4 is 11.6 Å². The van der Waals surface area contributed by atoms with Gasteiger partial charge in [0.2, 0.25) is 5.95 Å². The first-order valence-corrected chi connectivity index (χ1v) is 6.79. The lowest BCUT2D eigenvalue weighted by Crippen LogP contribution is -1.99. The zero-order valence-electron chi connectivity index (χ0n) is 11.5. The van der Waals surface area contributed by atoms with Crippen molar-refractivity contribution in [3.8, 4) is 11.1 Å². The van der Waals surface area contributed by atoms with Crippen LogP contribution in [0.2, 0.25) is 0 Å². The van der Waals surface area contributed by atoms with Gasteiger partial charge in [-0.15, -0.1) is 0 Å². The molecule has 104 valence electrons. The van der Waals surface area contributed by atoms with Crippen molar-refractivity contribution in [1.29, 1.82) is 0 Å². The maximum absolute atomic E-state index is 5.81. The summed E-state index contributed by atoms with van der Waals surface area (Å²) in [5.74, 6) is 0.585. The second-order valence-electron chi connectivity index (χ2n) is 4.64. The third-order valence-electron chi connectivity index (χ3n) is 3.23. The lowest BCUT2D eigenvalue weighted by atomic mass is 9.99. The molecule has 3 N–H and O–H groups in total. The van der Waals surface area contributed by atoms with Crippen molar-refractivity contribution in [2.45, 2.75) is 6.54 Å². The van der Waals surface area contributed by atoms with Gasteiger partial charge in [0.1, 0.15) is 0 Å². The SMILES string of the molecule is NCc1ccccc1-c1cccc(Nc2ncccn2)c1. The van der Waals surface area contributed by atoms with Crippen LogP contribution in [0.4, 0.5) is 11.6 Å². The number of hydrogen-bond donors (Lipinski definition) is 2. The molecule has 0 aliphatic rings. The molecule has 1 heterocycles. The molecule has 4 nitrogen and oxygen atoms in total. The van der Waals surface area contributed by atoms with Gasteiger partial charge in [-0.05, 0) is 34.9 Å². The average molecular weight is 276 g/mol. The molecule has 0 atom stereocenters. The second kappa shape index (κ2) is 6.15. The van der Waals surface area contributed by atoms with Crippen molar-refractivity contribution < 1.29 is 0 Å². The van der Waals surface area contributed by atoms with Crippen LogP contribution in [0.5, 0.6) is 0 Å². The fourth-order valence-electron chi connectivity index (χ4n) is 2.24. The van der Waals surface area contributed by atoms with Crippen LogP contribution in [-0.4, -0.2) is 9.97 Å². The Kier molecular flexibility index (Phi) is 3.89. The molecule has 2 aromatic carbocycles. The predicted octanol–water partition coefficient (Wildman–Crippen LogP) is 3.35. The summed E-state index contributed by atoms with van der Waals surface area (Å²) in [6, 6.07) is 18.1. The van der Waals surface area contributed by atoms with Crippen LogP contribution in [0, 0.1) is 0 Å². The van der Waals surface area contributed by atoms with E-state index in [2.05, 4.69) is 39.6 Å². The summed E-state index contributed by atoms with van der Waals surface area (Å²) in [6.07, 6.45) is 3.42. The topological polar surface area (TPSA) is 63.8 Å². The lowest BCUT2D eigenvalue weighted by Gasteiger charge is -2.10. The molecule has 1 aromatic heterocycles. The highest BCUT2D eigenvalue weighted by atomic mass is 15.1. The van der Waals surface area contributed by atoms with Crippen LogP contribution in [0.1, 0.15) is 5.56 Å². The zero-order chi connectivity index (χ0) is 14.5. The van der Waals surface area contributed by atoms with Crippen molar-refractivity contribution in [1.82, 2.24) is 9.97 Å². The highest BCUT2D eigenvalue weighted by molar-refractivity contribution is 5.72. The van der Waals surface area contributed by atoms with Gasteiger partial charge < -0.3 is 11.1 Å². The van der Waals surface area contributed by atoms with Gasteiger partial charge in [-0.25, -0.2) is 9.97 Å². The number of anilines is 2. The first-order valence-electron chi connectivity index (χ1n) is 6.79. The summed E-state index contributed by atoms with van der Waals surface area (Å²) in [6.45, 7) is 0.523. The number of nitrogens with two attached hydrogens (primary N) is 1. The van der Waals surface area contributed by atoms with E-state index < -0.39 is 0 Å². The Morgan fingerprint density at radius 3 is 2.52 bits per heavy atom. The summed E-state index contributed by atoms with van der Waals surface area (Å²) in [7, 11) is 0. The molecule has 0 radical (unpaired) electrons. The minimum absolute atomic E-state index is 0.523. The first-order chi connectivity index (χ1) is 10.4. The van der Waals surface area contributed by atoms with Crippen molar-refractivity contribution in [3.63, 3.8) is 0 Å². The average Bonchev–Trinajstić information content (AvgIpc) is 2.56. The predicted molar refractivity (Wildman–Crippen MR) is 85.1 cm³/mol. The van der Waals surface area contributed by atoms with E-state index in [0.29, 0.717) is 12.5 Å². The van der Waals surface area contributed by atoms with Gasteiger partial charge in [0.15, 0.2) is 0 Å². The highest BCUT2D eigenvalue weighted by Gasteiger charge is 2.04. The van der Waals surface area contributed by atoms with Gasteiger partial charge in [-0.1, -0.05) is 36.4 Å². The maximum Gasteiger partial charge on any atom is 0.227 e. The largest absolute Gasteiger partial charge is 0.326 e. The minimum atomic E-state index is 0.523. The summed E-state index contributed by atoms with van der Waals surface area (Å²) < 4.78 is 0. The third kappa shape index (κ3) is 3.07. The van der Waals surface area contributed by atoms with Crippen molar-refractivity contribution in [2.24, 2.45) is 5.73 Å². The summed E-state index contributed by atoms with van der Waals surface area (Å²) in [4.78, 5) is 8.34. The molecule has 4 heteroatoms. The molecule has 21 heavy (non-hydrogen) atoms. The number of nitrogens with one attached hydrogen (secondary N) is 1. The molecule has 0 amide bonds. The van der Waals surface area contributed by atoms with Crippen molar-refractivity contribution in [2.75, 3.05) is 5.32 Å². The van der Waals surface area contributed by atoms with Gasteiger partial charge in [0, 0.05) is 24.6 Å². The van der Waals surface area contributed by atoms with Gasteiger partial charge in [0.25, 0.3) is 0 Å². The molecule has 0 fully saturated rings. The lowest BCUT2D eigenvalue weighted by molar-refractivity contribution is 1.07. The maximum atomic E-state index is 5.81. The third-order valence-corrected chi connectivity index (χ3v) is 3.23. The van der Waals surface area contributed by atoms with E-state index in [1.807, 2.05) is 24.3 Å². The molecule has 0 aliphatic heterocycles. The van der Waals surface area contributed by atoms with Crippen LogP contribution in [0.3, 0.4) is 0 Å². The van der Waals surface area contributed by atoms with E-state index >= 15 is 0 Å². The molecule has 3 rings (SSSR count). The molecule has 0 saturated carbocycles. The van der Waals surface area contributed by atoms with Crippen LogP contribution in [0.15, 0.2) is 67.0 Å². The Balaban J connectivity index is 1.93. The molecule has 3 aromatic rings. The van der Waals surface area contributed by atoms with E-state index in [0.717, 1.165) is 22.4 Å². The summed E-state index contributed by atoms with van der Waals surface area (Å²) in [5, 5.41) is 3.20. The zero-order valence-corrected chi connectivity index (χ0v) is 11.5. The van der Waals surface area contributed by atoms with Gasteiger partial charge in [0.05, 0.1) is 0 Å². The molecule has 0 spiro atoms. The fourth-order valence-corrected chi connectivity index (χ4v) is 2.24. The van der Waals surface area contributed by atoms with Gasteiger partial charge in [-0.2, -0.15) is 0 Å². The molecule has 0 unspecified atom stereocenters. The highest BCUT2D eigenvalue weighted by Crippen LogP contribution is 2.26. The Labute approximate surface area is 123 Å². The second-order valence-corrected chi connectivity index (χ2v) is 4.64. The van der Waals surface area contributed by atoms with Crippen molar-refractivity contribution in [3.05, 3.63) is 72.6 Å². The molecular formula is C17H16N4. The molecule has 0 saturated heterocycles. The minimum Gasteiger partial charge on any atom is -0.326 e. The number of hydrogen-bond acceptors (Lipinski definition) is 4. The summed E-state index contributed by atoms with van der Waals surface area (Å²) in [5.41, 5.74) is 10.2. The smallest absolute Gasteiger partial charge is 0.227 e. The standard InChI is InChI=1S/C17H16N4/c18-12-14-5-1-2-8-16(14)13-6-3-7-15(11-13)21-17-19-9-4-10-20-17/h1-11H,12,18H2,(H,19,20,21). The Bertz CT molecular complexity index is 726. The van der Waals surface area contributed by atoms with E-state index in [4.69, 9.17) is 5.73 Å². The Morgan fingerprint density at radius 1 is 0.905 bits per heavy atom. The van der Waals surface area contributed by atoms with Gasteiger partial charge in [-0.3, -0.25) is 0 Å². The first kappa shape index (κ1) is 13.3. The number of aromatic nitrogens is 2. The fraction of sp³-hybridized carbons (Fsp3) is 0.0588. The number of nitrogens with zero attached hydrogens (tertiary/aromatic N) is 2. The van der Waals surface area contributed by atoms with E-state index in [-0.39, 0.29) is 0 Å².